The maximum atomic E-state index is 11.8. The first-order valence-corrected chi connectivity index (χ1v) is 6.01. The highest BCUT2D eigenvalue weighted by molar-refractivity contribution is 7.12. The Hall–Kier alpha value is -2.21. The van der Waals surface area contributed by atoms with Crippen molar-refractivity contribution in [2.24, 2.45) is 0 Å². The first-order valence-electron chi connectivity index (χ1n) is 5.13. The molecule has 18 heavy (non-hydrogen) atoms. The molecule has 2 aromatic rings. The van der Waals surface area contributed by atoms with Gasteiger partial charge in [0.05, 0.1) is 0 Å². The summed E-state index contributed by atoms with van der Waals surface area (Å²) >= 11 is 1.00. The van der Waals surface area contributed by atoms with Gasteiger partial charge in [0.1, 0.15) is 0 Å². The fraction of sp³-hybridized carbons (Fsp3) is 0.0833. The lowest BCUT2D eigenvalue weighted by atomic mass is 10.2. The number of nitrogens with one attached hydrogen (secondary N) is 1. The molecule has 1 amide bonds. The maximum absolute atomic E-state index is 11.8. The Morgan fingerprint density at radius 1 is 1.28 bits per heavy atom. The van der Waals surface area contributed by atoms with E-state index in [1.54, 1.807) is 12.1 Å². The number of hydrogen-bond donors (Lipinski definition) is 2. The Morgan fingerprint density at radius 2 is 1.94 bits per heavy atom. The van der Waals surface area contributed by atoms with Crippen molar-refractivity contribution in [3.8, 4) is 0 Å². The van der Waals surface area contributed by atoms with Gasteiger partial charge in [-0.2, -0.15) is 0 Å². The summed E-state index contributed by atoms with van der Waals surface area (Å²) in [5.41, 5.74) is 1.63. The van der Waals surface area contributed by atoms with Gasteiger partial charge in [-0.05, 0) is 19.1 Å². The van der Waals surface area contributed by atoms with Crippen molar-refractivity contribution in [1.82, 2.24) is 4.98 Å². The summed E-state index contributed by atoms with van der Waals surface area (Å²) in [6.07, 6.45) is 0. The number of carboxylic acid groups (broad SMARTS) is 1. The second-order valence-corrected chi connectivity index (χ2v) is 4.52. The largest absolute Gasteiger partial charge is 0.476 e. The summed E-state index contributed by atoms with van der Waals surface area (Å²) in [7, 11) is 0. The van der Waals surface area contributed by atoms with Crippen LogP contribution in [0.1, 0.15) is 25.9 Å². The molecule has 6 heteroatoms. The van der Waals surface area contributed by atoms with Crippen LogP contribution in [0.4, 0.5) is 5.69 Å². The van der Waals surface area contributed by atoms with Crippen LogP contribution in [0.15, 0.2) is 29.6 Å². The Morgan fingerprint density at radius 3 is 2.50 bits per heavy atom. The van der Waals surface area contributed by atoms with E-state index in [1.165, 1.54) is 5.38 Å². The van der Waals surface area contributed by atoms with Crippen molar-refractivity contribution in [3.63, 3.8) is 0 Å². The highest BCUT2D eigenvalue weighted by Crippen LogP contribution is 2.14. The van der Waals surface area contributed by atoms with Gasteiger partial charge in [0.2, 0.25) is 0 Å². The first-order chi connectivity index (χ1) is 8.56. The highest BCUT2D eigenvalue weighted by atomic mass is 32.1. The summed E-state index contributed by atoms with van der Waals surface area (Å²) in [6, 6.07) is 7.30. The standard InChI is InChI=1S/C12H10N2O3S/c1-7-2-4-8(5-3-7)13-10(15)11-14-9(6-18-11)12(16)17/h2-6H,1H3,(H,13,15)(H,16,17). The molecule has 0 unspecified atom stereocenters. The minimum absolute atomic E-state index is 0.117. The maximum Gasteiger partial charge on any atom is 0.355 e. The summed E-state index contributed by atoms with van der Waals surface area (Å²) in [6.45, 7) is 1.95. The lowest BCUT2D eigenvalue weighted by Crippen LogP contribution is -2.12. The SMILES string of the molecule is Cc1ccc(NC(=O)c2nc(C(=O)O)cs2)cc1. The van der Waals surface area contributed by atoms with E-state index >= 15 is 0 Å². The molecule has 2 N–H and O–H groups in total. The molecule has 1 heterocycles. The quantitative estimate of drug-likeness (QED) is 0.890. The molecule has 0 aliphatic heterocycles. The fourth-order valence-corrected chi connectivity index (χ4v) is 1.98. The van der Waals surface area contributed by atoms with Crippen molar-refractivity contribution >= 4 is 28.9 Å². The van der Waals surface area contributed by atoms with E-state index in [4.69, 9.17) is 5.11 Å². The van der Waals surface area contributed by atoms with Gasteiger partial charge >= 0.3 is 5.97 Å². The van der Waals surface area contributed by atoms with E-state index in [-0.39, 0.29) is 10.7 Å². The fourth-order valence-electron chi connectivity index (χ4n) is 1.30. The van der Waals surface area contributed by atoms with Gasteiger partial charge in [0.15, 0.2) is 10.7 Å². The van der Waals surface area contributed by atoms with Gasteiger partial charge < -0.3 is 10.4 Å². The molecule has 0 aliphatic carbocycles. The van der Waals surface area contributed by atoms with Crippen molar-refractivity contribution in [1.29, 1.82) is 0 Å². The predicted molar refractivity (Wildman–Crippen MR) is 68.2 cm³/mol. The van der Waals surface area contributed by atoms with Gasteiger partial charge in [0, 0.05) is 11.1 Å². The van der Waals surface area contributed by atoms with Crippen molar-refractivity contribution < 1.29 is 14.7 Å². The van der Waals surface area contributed by atoms with Crippen molar-refractivity contribution in [3.05, 3.63) is 45.9 Å². The molecule has 0 fully saturated rings. The van der Waals surface area contributed by atoms with Gasteiger partial charge in [0.25, 0.3) is 5.91 Å². The lowest BCUT2D eigenvalue weighted by molar-refractivity contribution is 0.0691. The van der Waals surface area contributed by atoms with E-state index in [0.29, 0.717) is 5.69 Å². The zero-order valence-electron chi connectivity index (χ0n) is 9.51. The molecule has 0 atom stereocenters. The number of nitrogens with zero attached hydrogens (tertiary/aromatic N) is 1. The number of aromatic nitrogens is 1. The van der Waals surface area contributed by atoms with Crippen molar-refractivity contribution in [2.75, 3.05) is 5.32 Å². The van der Waals surface area contributed by atoms with Crippen LogP contribution < -0.4 is 5.32 Å². The number of benzene rings is 1. The smallest absolute Gasteiger partial charge is 0.355 e. The number of anilines is 1. The number of hydrogen-bond acceptors (Lipinski definition) is 4. The van der Waals surface area contributed by atoms with E-state index < -0.39 is 11.9 Å². The zero-order chi connectivity index (χ0) is 13.1. The summed E-state index contributed by atoms with van der Waals surface area (Å²) in [4.78, 5) is 26.2. The van der Waals surface area contributed by atoms with Gasteiger partial charge in [-0.3, -0.25) is 4.79 Å². The lowest BCUT2D eigenvalue weighted by Gasteiger charge is -2.02. The second-order valence-electron chi connectivity index (χ2n) is 3.66. The minimum Gasteiger partial charge on any atom is -0.476 e. The summed E-state index contributed by atoms with van der Waals surface area (Å²) in [5.74, 6) is -1.54. The summed E-state index contributed by atoms with van der Waals surface area (Å²) < 4.78 is 0. The van der Waals surface area contributed by atoms with Gasteiger partial charge in [-0.1, -0.05) is 17.7 Å². The molecular formula is C12H10N2O3S. The number of carbonyl (C=O) groups excluding carboxylic acids is 1. The molecule has 1 aromatic heterocycles. The molecule has 1 aromatic carbocycles. The van der Waals surface area contributed by atoms with E-state index in [2.05, 4.69) is 10.3 Å². The minimum atomic E-state index is -1.14. The number of carbonyl (C=O) groups is 2. The number of aromatic carboxylic acids is 1. The van der Waals surface area contributed by atoms with Crippen molar-refractivity contribution in [2.45, 2.75) is 6.92 Å². The highest BCUT2D eigenvalue weighted by Gasteiger charge is 2.14. The molecule has 0 radical (unpaired) electrons. The topological polar surface area (TPSA) is 79.3 Å². The molecule has 92 valence electrons. The summed E-state index contributed by atoms with van der Waals surface area (Å²) in [5, 5.41) is 12.8. The molecule has 0 saturated carbocycles. The molecule has 0 spiro atoms. The van der Waals surface area contributed by atoms with Crippen LogP contribution in [0.25, 0.3) is 0 Å². The first kappa shape index (κ1) is 12.3. The van der Waals surface area contributed by atoms with E-state index in [1.807, 2.05) is 19.1 Å². The molecule has 5 nitrogen and oxygen atoms in total. The predicted octanol–water partition coefficient (Wildman–Crippen LogP) is 2.40. The average molecular weight is 262 g/mol. The van der Waals surface area contributed by atoms with Crippen LogP contribution in [0, 0.1) is 6.92 Å². The van der Waals surface area contributed by atoms with Crippen LogP contribution in [0.5, 0.6) is 0 Å². The van der Waals surface area contributed by atoms with Gasteiger partial charge in [-0.15, -0.1) is 11.3 Å². The number of thiazole rings is 1. The van der Waals surface area contributed by atoms with Crippen LogP contribution >= 0.6 is 11.3 Å². The Balaban J connectivity index is 2.11. The van der Waals surface area contributed by atoms with Gasteiger partial charge in [-0.25, -0.2) is 9.78 Å². The van der Waals surface area contributed by atoms with Crippen LogP contribution in [0.3, 0.4) is 0 Å². The number of amides is 1. The third-order valence-corrected chi connectivity index (χ3v) is 3.07. The van der Waals surface area contributed by atoms with E-state index in [9.17, 15) is 9.59 Å². The number of rotatable bonds is 3. The average Bonchev–Trinajstić information content (AvgIpc) is 2.81. The molecule has 2 rings (SSSR count). The molecule has 0 saturated heterocycles. The normalized spacial score (nSPS) is 10.1. The second kappa shape index (κ2) is 4.97. The van der Waals surface area contributed by atoms with Crippen LogP contribution in [-0.4, -0.2) is 22.0 Å². The Labute approximate surface area is 107 Å². The number of aryl methyl sites for hydroxylation is 1. The zero-order valence-corrected chi connectivity index (χ0v) is 10.3. The van der Waals surface area contributed by atoms with Crippen LogP contribution in [0.2, 0.25) is 0 Å². The molecule has 0 aliphatic rings. The number of carboxylic acids is 1. The monoisotopic (exact) mass is 262 g/mol. The molecular weight excluding hydrogens is 252 g/mol. The van der Waals surface area contributed by atoms with E-state index in [0.717, 1.165) is 16.9 Å². The Bertz CT molecular complexity index is 590. The Kier molecular flexibility index (Phi) is 3.38. The molecule has 0 bridgehead atoms. The van der Waals surface area contributed by atoms with Crippen LogP contribution in [-0.2, 0) is 0 Å². The third kappa shape index (κ3) is 2.72. The third-order valence-electron chi connectivity index (χ3n) is 2.23.